The molecular formula is C23H32O6. The lowest BCUT2D eigenvalue weighted by Gasteiger charge is -2.62. The molecule has 4 aliphatic carbocycles. The van der Waals surface area contributed by atoms with Gasteiger partial charge in [-0.3, -0.25) is 4.79 Å². The Kier molecular flexibility index (Phi) is 4.79. The van der Waals surface area contributed by atoms with E-state index in [-0.39, 0.29) is 47.4 Å². The summed E-state index contributed by atoms with van der Waals surface area (Å²) >= 11 is 0. The van der Waals surface area contributed by atoms with E-state index in [9.17, 15) is 19.8 Å². The van der Waals surface area contributed by atoms with Gasteiger partial charge < -0.3 is 19.7 Å². The van der Waals surface area contributed by atoms with Gasteiger partial charge >= 0.3 is 6.16 Å². The topological polar surface area (TPSA) is 93.1 Å². The van der Waals surface area contributed by atoms with Gasteiger partial charge in [0.25, 0.3) is 0 Å². The van der Waals surface area contributed by atoms with Crippen LogP contribution in [-0.2, 0) is 14.3 Å². The molecule has 4 saturated carbocycles. The summed E-state index contributed by atoms with van der Waals surface area (Å²) in [5.74, 6) is 2.49. The van der Waals surface area contributed by atoms with Crippen molar-refractivity contribution in [1.82, 2.24) is 0 Å². The Bertz CT molecular complexity index is 757. The average molecular weight is 405 g/mol. The lowest BCUT2D eigenvalue weighted by Crippen LogP contribution is -2.60. The summed E-state index contributed by atoms with van der Waals surface area (Å²) in [6.45, 7) is 4.23. The van der Waals surface area contributed by atoms with E-state index in [0.717, 1.165) is 25.7 Å². The van der Waals surface area contributed by atoms with Crippen LogP contribution in [0.2, 0.25) is 0 Å². The summed E-state index contributed by atoms with van der Waals surface area (Å²) in [7, 11) is 1.31. The van der Waals surface area contributed by atoms with Crippen LogP contribution in [0.25, 0.3) is 0 Å². The number of aliphatic hydroxyl groups excluding tert-OH is 1. The number of hydrogen-bond acceptors (Lipinski definition) is 6. The smallest absolute Gasteiger partial charge is 0.438 e. The number of Topliss-reactive ketones (excluding diaryl/α,β-unsaturated/α-hetero) is 1. The van der Waals surface area contributed by atoms with E-state index in [0.29, 0.717) is 12.8 Å². The van der Waals surface area contributed by atoms with Gasteiger partial charge in [-0.05, 0) is 67.6 Å². The molecule has 4 fully saturated rings. The summed E-state index contributed by atoms with van der Waals surface area (Å²) in [6, 6.07) is 0. The van der Waals surface area contributed by atoms with Crippen LogP contribution < -0.4 is 0 Å². The third kappa shape index (κ3) is 2.70. The molecule has 0 aromatic heterocycles. The molecule has 9 atom stereocenters. The lowest BCUT2D eigenvalue weighted by molar-refractivity contribution is -0.185. The van der Waals surface area contributed by atoms with Crippen molar-refractivity contribution in [3.05, 3.63) is 0 Å². The summed E-state index contributed by atoms with van der Waals surface area (Å²) in [5, 5.41) is 22.2. The molecular weight excluding hydrogens is 372 g/mol. The molecule has 4 aliphatic rings. The minimum Gasteiger partial charge on any atom is -0.438 e. The van der Waals surface area contributed by atoms with Crippen molar-refractivity contribution >= 4 is 11.9 Å². The predicted molar refractivity (Wildman–Crippen MR) is 105 cm³/mol. The normalized spacial score (nSPS) is 51.2. The maximum absolute atomic E-state index is 12.7. The predicted octanol–water partition coefficient (Wildman–Crippen LogP) is 2.69. The molecule has 0 radical (unpaired) electrons. The number of ether oxygens (including phenoxy) is 2. The molecule has 0 bridgehead atoms. The Hall–Kier alpha value is -1.58. The Morgan fingerprint density at radius 3 is 2.59 bits per heavy atom. The summed E-state index contributed by atoms with van der Waals surface area (Å²) in [4.78, 5) is 24.2. The average Bonchev–Trinajstić information content (AvgIpc) is 2.90. The molecule has 0 aromatic carbocycles. The van der Waals surface area contributed by atoms with Crippen LogP contribution in [0.3, 0.4) is 0 Å². The van der Waals surface area contributed by atoms with Crippen LogP contribution in [0.5, 0.6) is 0 Å². The Morgan fingerprint density at radius 2 is 1.93 bits per heavy atom. The third-order valence-electron chi connectivity index (χ3n) is 9.30. The van der Waals surface area contributed by atoms with Gasteiger partial charge in [-0.1, -0.05) is 19.8 Å². The fourth-order valence-electron chi connectivity index (χ4n) is 7.54. The first-order chi connectivity index (χ1) is 13.6. The van der Waals surface area contributed by atoms with Gasteiger partial charge in [0.05, 0.1) is 13.2 Å². The molecule has 0 saturated heterocycles. The molecule has 29 heavy (non-hydrogen) atoms. The van der Waals surface area contributed by atoms with E-state index in [2.05, 4.69) is 17.6 Å². The molecule has 0 aromatic rings. The zero-order valence-corrected chi connectivity index (χ0v) is 17.5. The van der Waals surface area contributed by atoms with Crippen LogP contribution >= 0.6 is 0 Å². The summed E-state index contributed by atoms with van der Waals surface area (Å²) in [6.07, 6.45) is 9.01. The van der Waals surface area contributed by atoms with Crippen LogP contribution in [0.4, 0.5) is 4.79 Å². The Morgan fingerprint density at radius 1 is 1.21 bits per heavy atom. The number of rotatable bonds is 1. The molecule has 160 valence electrons. The van der Waals surface area contributed by atoms with Gasteiger partial charge in [0, 0.05) is 11.8 Å². The van der Waals surface area contributed by atoms with Crippen LogP contribution in [0.1, 0.15) is 58.8 Å². The quantitative estimate of drug-likeness (QED) is 0.516. The molecule has 6 heteroatoms. The number of fused-ring (bicyclic) bond motifs is 5. The zero-order chi connectivity index (χ0) is 21.2. The number of hydrogen-bond donors (Lipinski definition) is 2. The molecule has 2 N–H and O–H groups in total. The molecule has 0 amide bonds. The third-order valence-corrected chi connectivity index (χ3v) is 9.30. The van der Waals surface area contributed by atoms with Crippen LogP contribution in [-0.4, -0.2) is 47.1 Å². The Balaban J connectivity index is 1.61. The SMILES string of the molecule is C#C[C@]1(O)C(=O)CC2C3C(O)C[C@@H]4C[C@@H](OC(=O)OC)CC[C@]4(C)C3CC[C@@]21C. The minimum absolute atomic E-state index is 0.0150. The van der Waals surface area contributed by atoms with Gasteiger partial charge in [0.15, 0.2) is 11.4 Å². The highest BCUT2D eigenvalue weighted by atomic mass is 16.7. The Labute approximate surface area is 172 Å². The van der Waals surface area contributed by atoms with Gasteiger partial charge in [-0.25, -0.2) is 4.79 Å². The number of aliphatic hydroxyl groups is 2. The van der Waals surface area contributed by atoms with Crippen molar-refractivity contribution < 1.29 is 29.3 Å². The van der Waals surface area contributed by atoms with Crippen LogP contribution in [0, 0.1) is 46.8 Å². The van der Waals surface area contributed by atoms with Gasteiger partial charge in [-0.2, -0.15) is 0 Å². The molecule has 0 aliphatic heterocycles. The molecule has 0 spiro atoms. The number of terminal acetylenes is 1. The first-order valence-electron chi connectivity index (χ1n) is 10.8. The van der Waals surface area contributed by atoms with Crippen molar-refractivity contribution in [3.63, 3.8) is 0 Å². The molecule has 0 heterocycles. The number of carbonyl (C=O) groups excluding carboxylic acids is 2. The van der Waals surface area contributed by atoms with E-state index in [4.69, 9.17) is 11.2 Å². The largest absolute Gasteiger partial charge is 0.508 e. The van der Waals surface area contributed by atoms with Gasteiger partial charge in [0.1, 0.15) is 6.10 Å². The monoisotopic (exact) mass is 404 g/mol. The van der Waals surface area contributed by atoms with Crippen molar-refractivity contribution in [2.45, 2.75) is 76.6 Å². The van der Waals surface area contributed by atoms with Gasteiger partial charge in [-0.15, -0.1) is 6.42 Å². The molecule has 6 nitrogen and oxygen atoms in total. The first kappa shape index (κ1) is 20.7. The van der Waals surface area contributed by atoms with Crippen LogP contribution in [0.15, 0.2) is 0 Å². The van der Waals surface area contributed by atoms with E-state index < -0.39 is 23.3 Å². The van der Waals surface area contributed by atoms with Gasteiger partial charge in [0.2, 0.25) is 0 Å². The summed E-state index contributed by atoms with van der Waals surface area (Å²) in [5.41, 5.74) is -2.40. The second-order valence-corrected chi connectivity index (χ2v) is 10.2. The van der Waals surface area contributed by atoms with E-state index in [1.165, 1.54) is 7.11 Å². The van der Waals surface area contributed by atoms with Crippen molar-refractivity contribution in [2.24, 2.45) is 34.5 Å². The maximum atomic E-state index is 12.7. The zero-order valence-electron chi connectivity index (χ0n) is 17.5. The van der Waals surface area contributed by atoms with E-state index >= 15 is 0 Å². The highest BCUT2D eigenvalue weighted by Crippen LogP contribution is 2.67. The van der Waals surface area contributed by atoms with E-state index in [1.54, 1.807) is 0 Å². The second kappa shape index (κ2) is 6.72. The second-order valence-electron chi connectivity index (χ2n) is 10.2. The fourth-order valence-corrected chi connectivity index (χ4v) is 7.54. The van der Waals surface area contributed by atoms with Crippen molar-refractivity contribution in [3.8, 4) is 12.3 Å². The molecule has 4 unspecified atom stereocenters. The number of carbonyl (C=O) groups is 2. The van der Waals surface area contributed by atoms with Crippen molar-refractivity contribution in [2.75, 3.05) is 7.11 Å². The number of methoxy groups -OCH3 is 1. The van der Waals surface area contributed by atoms with E-state index in [1.807, 2.05) is 6.92 Å². The highest BCUT2D eigenvalue weighted by molar-refractivity contribution is 5.94. The minimum atomic E-state index is -1.73. The highest BCUT2D eigenvalue weighted by Gasteiger charge is 2.69. The summed E-state index contributed by atoms with van der Waals surface area (Å²) < 4.78 is 10.0. The molecule has 4 rings (SSSR count). The number of ketones is 1. The lowest BCUT2D eigenvalue weighted by atomic mass is 9.43. The fraction of sp³-hybridized carbons (Fsp3) is 0.826. The van der Waals surface area contributed by atoms with Crippen molar-refractivity contribution in [1.29, 1.82) is 0 Å². The standard InChI is InChI=1S/C23H32O6/c1-5-23(27)18(25)12-16-19-15(7-9-22(16,23)3)21(2)8-6-14(29-20(26)28-4)10-13(21)11-17(19)24/h1,13-17,19,24,27H,6-12H2,2-4H3/t13-,14-,15?,16?,17?,19?,21-,22-,23-/m0/s1. The maximum Gasteiger partial charge on any atom is 0.508 e. The first-order valence-corrected chi connectivity index (χ1v) is 10.8.